The largest absolute Gasteiger partial charge is 0.454 e. The molecule has 0 bridgehead atoms. The number of carbonyl (C=O) groups excluding carboxylic acids is 2. The minimum Gasteiger partial charge on any atom is -0.454 e. The number of ether oxygens (including phenoxy) is 6. The first-order valence-electron chi connectivity index (χ1n) is 10.6. The Morgan fingerprint density at radius 1 is 0.800 bits per heavy atom. The van der Waals surface area contributed by atoms with Crippen molar-refractivity contribution in [3.63, 3.8) is 0 Å². The summed E-state index contributed by atoms with van der Waals surface area (Å²) in [6, 6.07) is 6.25. The van der Waals surface area contributed by atoms with Crippen LogP contribution >= 0.6 is 0 Å². The highest BCUT2D eigenvalue weighted by atomic mass is 16.7. The maximum absolute atomic E-state index is 12.5. The first kappa shape index (κ1) is 22.7. The van der Waals surface area contributed by atoms with Gasteiger partial charge >= 0.3 is 11.9 Å². The molecule has 8 nitrogen and oxygen atoms in total. The smallest absolute Gasteiger partial charge is 0.338 e. The lowest BCUT2D eigenvalue weighted by atomic mass is 10.1. The van der Waals surface area contributed by atoms with Crippen LogP contribution in [0, 0.1) is 0 Å². The van der Waals surface area contributed by atoms with Crippen LogP contribution in [0.4, 0.5) is 0 Å². The molecule has 0 spiro atoms. The standard InChI is InChI=1S/C22H30O8/c1-3-6-19-25-11-17(12-26-19)29-21(23)15-8-5-9-16(10-15)22(24)30-18-13-27-20(7-4-2)28-14-18/h5,8-10,17-20H,3-4,6-7,11-14H2,1-2H3. The topological polar surface area (TPSA) is 89.5 Å². The molecule has 1 aromatic rings. The fourth-order valence-corrected chi connectivity index (χ4v) is 3.20. The number of esters is 2. The molecule has 8 heteroatoms. The predicted octanol–water partition coefficient (Wildman–Crippen LogP) is 3.08. The van der Waals surface area contributed by atoms with Crippen LogP contribution in [0.15, 0.2) is 24.3 Å². The van der Waals surface area contributed by atoms with E-state index in [9.17, 15) is 9.59 Å². The van der Waals surface area contributed by atoms with Crippen molar-refractivity contribution in [3.8, 4) is 0 Å². The van der Waals surface area contributed by atoms with Gasteiger partial charge in [-0.2, -0.15) is 0 Å². The normalized spacial score (nSPS) is 26.7. The predicted molar refractivity (Wildman–Crippen MR) is 106 cm³/mol. The highest BCUT2D eigenvalue weighted by molar-refractivity contribution is 5.95. The van der Waals surface area contributed by atoms with E-state index in [1.807, 2.05) is 13.8 Å². The average molecular weight is 422 g/mol. The van der Waals surface area contributed by atoms with E-state index < -0.39 is 24.1 Å². The van der Waals surface area contributed by atoms with Crippen molar-refractivity contribution in [1.29, 1.82) is 0 Å². The molecular formula is C22H30O8. The Bertz CT molecular complexity index is 635. The maximum Gasteiger partial charge on any atom is 0.338 e. The van der Waals surface area contributed by atoms with Gasteiger partial charge in [0.25, 0.3) is 0 Å². The molecule has 2 aliphatic heterocycles. The lowest BCUT2D eigenvalue weighted by molar-refractivity contribution is -0.218. The molecule has 2 heterocycles. The van der Waals surface area contributed by atoms with Gasteiger partial charge in [0.1, 0.15) is 12.2 Å². The zero-order chi connectivity index (χ0) is 21.3. The van der Waals surface area contributed by atoms with Crippen LogP contribution in [0.1, 0.15) is 60.2 Å². The molecule has 0 unspecified atom stereocenters. The van der Waals surface area contributed by atoms with Crippen molar-refractivity contribution in [2.75, 3.05) is 26.4 Å². The third kappa shape index (κ3) is 6.50. The van der Waals surface area contributed by atoms with Gasteiger partial charge in [0.05, 0.1) is 37.6 Å². The van der Waals surface area contributed by atoms with Crippen LogP contribution in [-0.4, -0.2) is 63.2 Å². The highest BCUT2D eigenvalue weighted by Gasteiger charge is 2.27. The van der Waals surface area contributed by atoms with E-state index in [1.165, 1.54) is 6.07 Å². The fourth-order valence-electron chi connectivity index (χ4n) is 3.20. The first-order chi connectivity index (χ1) is 14.6. The van der Waals surface area contributed by atoms with Crippen molar-refractivity contribution in [2.24, 2.45) is 0 Å². The molecule has 0 radical (unpaired) electrons. The summed E-state index contributed by atoms with van der Waals surface area (Å²) in [5, 5.41) is 0. The average Bonchev–Trinajstić information content (AvgIpc) is 2.77. The lowest BCUT2D eigenvalue weighted by Crippen LogP contribution is -2.38. The van der Waals surface area contributed by atoms with Gasteiger partial charge in [0.15, 0.2) is 12.6 Å². The third-order valence-electron chi connectivity index (χ3n) is 4.80. The Morgan fingerprint density at radius 3 is 1.57 bits per heavy atom. The zero-order valence-corrected chi connectivity index (χ0v) is 17.5. The van der Waals surface area contributed by atoms with Crippen molar-refractivity contribution < 1.29 is 38.0 Å². The summed E-state index contributed by atoms with van der Waals surface area (Å²) in [5.74, 6) is -1.08. The molecule has 0 saturated carbocycles. The summed E-state index contributed by atoms with van der Waals surface area (Å²) >= 11 is 0. The van der Waals surface area contributed by atoms with Crippen molar-refractivity contribution in [2.45, 2.75) is 64.3 Å². The molecule has 2 saturated heterocycles. The second-order valence-electron chi connectivity index (χ2n) is 7.41. The Hall–Kier alpha value is -2.00. The molecule has 3 rings (SSSR count). The Kier molecular flexibility index (Phi) is 8.62. The van der Waals surface area contributed by atoms with Gasteiger partial charge in [-0.3, -0.25) is 0 Å². The monoisotopic (exact) mass is 422 g/mol. The van der Waals surface area contributed by atoms with Crippen molar-refractivity contribution in [1.82, 2.24) is 0 Å². The molecule has 166 valence electrons. The second-order valence-corrected chi connectivity index (χ2v) is 7.41. The van der Waals surface area contributed by atoms with Gasteiger partial charge in [0, 0.05) is 0 Å². The van der Waals surface area contributed by atoms with Crippen molar-refractivity contribution >= 4 is 11.9 Å². The Balaban J connectivity index is 1.49. The van der Waals surface area contributed by atoms with Crippen molar-refractivity contribution in [3.05, 3.63) is 35.4 Å². The molecular weight excluding hydrogens is 392 g/mol. The van der Waals surface area contributed by atoms with E-state index in [2.05, 4.69) is 0 Å². The summed E-state index contributed by atoms with van der Waals surface area (Å²) in [7, 11) is 0. The summed E-state index contributed by atoms with van der Waals surface area (Å²) in [5.41, 5.74) is 0.526. The van der Waals surface area contributed by atoms with E-state index in [-0.39, 0.29) is 23.7 Å². The summed E-state index contributed by atoms with van der Waals surface area (Å²) < 4.78 is 33.0. The van der Waals surface area contributed by atoms with Gasteiger partial charge in [-0.15, -0.1) is 0 Å². The Morgan fingerprint density at radius 2 is 1.20 bits per heavy atom. The number of benzene rings is 1. The molecule has 2 aliphatic rings. The van der Waals surface area contributed by atoms with E-state index in [4.69, 9.17) is 28.4 Å². The van der Waals surface area contributed by atoms with Crippen LogP contribution in [0.25, 0.3) is 0 Å². The van der Waals surface area contributed by atoms with Gasteiger partial charge in [-0.25, -0.2) is 9.59 Å². The SMILES string of the molecule is CCCC1OCC(OC(=O)c2cccc(C(=O)OC3COC(CCC)OC3)c2)CO1. The highest BCUT2D eigenvalue weighted by Crippen LogP contribution is 2.17. The van der Waals surface area contributed by atoms with Crippen LogP contribution in [0.2, 0.25) is 0 Å². The van der Waals surface area contributed by atoms with Crippen LogP contribution in [-0.2, 0) is 28.4 Å². The van der Waals surface area contributed by atoms with E-state index >= 15 is 0 Å². The van der Waals surface area contributed by atoms with Gasteiger partial charge in [-0.1, -0.05) is 32.8 Å². The zero-order valence-electron chi connectivity index (χ0n) is 17.5. The summed E-state index contributed by atoms with van der Waals surface area (Å²) in [4.78, 5) is 24.9. The molecule has 0 atom stereocenters. The number of carbonyl (C=O) groups is 2. The molecule has 2 fully saturated rings. The van der Waals surface area contributed by atoms with E-state index in [1.54, 1.807) is 18.2 Å². The summed E-state index contributed by atoms with van der Waals surface area (Å²) in [6.45, 7) is 5.26. The van der Waals surface area contributed by atoms with Gasteiger partial charge in [-0.05, 0) is 31.0 Å². The molecule has 0 aromatic heterocycles. The number of hydrogen-bond acceptors (Lipinski definition) is 8. The summed E-state index contributed by atoms with van der Waals surface area (Å²) in [6.07, 6.45) is 2.08. The second kappa shape index (κ2) is 11.4. The first-order valence-corrected chi connectivity index (χ1v) is 10.6. The molecule has 0 aliphatic carbocycles. The number of hydrogen-bond donors (Lipinski definition) is 0. The molecule has 30 heavy (non-hydrogen) atoms. The van der Waals surface area contributed by atoms with E-state index in [0.717, 1.165) is 25.7 Å². The van der Waals surface area contributed by atoms with E-state index in [0.29, 0.717) is 26.4 Å². The van der Waals surface area contributed by atoms with Crippen LogP contribution < -0.4 is 0 Å². The Labute approximate surface area is 176 Å². The minimum atomic E-state index is -0.539. The van der Waals surface area contributed by atoms with Crippen LogP contribution in [0.3, 0.4) is 0 Å². The molecule has 0 amide bonds. The van der Waals surface area contributed by atoms with Crippen LogP contribution in [0.5, 0.6) is 0 Å². The van der Waals surface area contributed by atoms with Gasteiger partial charge < -0.3 is 28.4 Å². The quantitative estimate of drug-likeness (QED) is 0.591. The third-order valence-corrected chi connectivity index (χ3v) is 4.80. The van der Waals surface area contributed by atoms with Gasteiger partial charge in [0.2, 0.25) is 0 Å². The maximum atomic E-state index is 12.5. The fraction of sp³-hybridized carbons (Fsp3) is 0.636. The minimum absolute atomic E-state index is 0.243. The lowest BCUT2D eigenvalue weighted by Gasteiger charge is -2.29. The molecule has 0 N–H and O–H groups in total. The number of rotatable bonds is 8. The molecule has 1 aromatic carbocycles.